The molecular weight excluding hydrogens is 156 g/mol. The number of ketones is 1. The van der Waals surface area contributed by atoms with E-state index < -0.39 is 0 Å². The molecule has 0 heterocycles. The first-order valence-corrected chi connectivity index (χ1v) is 4.07. The fourth-order valence-electron chi connectivity index (χ4n) is 1.18. The number of hydrogen-bond acceptors (Lipinski definition) is 3. The Morgan fingerprint density at radius 1 is 1.67 bits per heavy atom. The molecule has 0 aromatic heterocycles. The van der Waals surface area contributed by atoms with Gasteiger partial charge in [0.05, 0.1) is 0 Å². The van der Waals surface area contributed by atoms with E-state index in [1.807, 2.05) is 0 Å². The number of carbonyl (C=O) groups is 2. The molecule has 0 aliphatic heterocycles. The maximum Gasteiger partial charge on any atom is 0.303 e. The van der Waals surface area contributed by atoms with E-state index in [1.54, 1.807) is 6.08 Å². The lowest BCUT2D eigenvalue weighted by Gasteiger charge is -2.09. The predicted octanol–water partition coefficient (Wildman–Crippen LogP) is 1.23. The van der Waals surface area contributed by atoms with Crippen LogP contribution in [-0.4, -0.2) is 17.9 Å². The van der Waals surface area contributed by atoms with Crippen molar-refractivity contribution in [2.45, 2.75) is 32.3 Å². The summed E-state index contributed by atoms with van der Waals surface area (Å²) in [6, 6.07) is 0. The van der Waals surface area contributed by atoms with Gasteiger partial charge in [-0.2, -0.15) is 0 Å². The van der Waals surface area contributed by atoms with Gasteiger partial charge in [-0.15, -0.1) is 0 Å². The molecule has 0 saturated carbocycles. The molecule has 1 aliphatic rings. The SMILES string of the molecule is CC(=O)O[C@@H]1C=CC(=O)CCC1. The summed E-state index contributed by atoms with van der Waals surface area (Å²) in [4.78, 5) is 21.5. The van der Waals surface area contributed by atoms with E-state index in [9.17, 15) is 9.59 Å². The Balaban J connectivity index is 2.49. The fraction of sp³-hybridized carbons (Fsp3) is 0.556. The van der Waals surface area contributed by atoms with Gasteiger partial charge in [-0.3, -0.25) is 9.59 Å². The minimum Gasteiger partial charge on any atom is -0.458 e. The van der Waals surface area contributed by atoms with Crippen molar-refractivity contribution in [2.24, 2.45) is 0 Å². The summed E-state index contributed by atoms with van der Waals surface area (Å²) in [7, 11) is 0. The summed E-state index contributed by atoms with van der Waals surface area (Å²) >= 11 is 0. The van der Waals surface area contributed by atoms with Crippen LogP contribution < -0.4 is 0 Å². The van der Waals surface area contributed by atoms with Crippen LogP contribution in [0.15, 0.2) is 12.2 Å². The number of esters is 1. The molecule has 0 N–H and O–H groups in total. The zero-order chi connectivity index (χ0) is 8.97. The van der Waals surface area contributed by atoms with Crippen LogP contribution in [0, 0.1) is 0 Å². The largest absolute Gasteiger partial charge is 0.458 e. The molecule has 0 spiro atoms. The van der Waals surface area contributed by atoms with Gasteiger partial charge in [0.15, 0.2) is 5.78 Å². The Morgan fingerprint density at radius 3 is 3.08 bits per heavy atom. The first kappa shape index (κ1) is 8.97. The lowest BCUT2D eigenvalue weighted by molar-refractivity contribution is -0.144. The molecule has 1 rings (SSSR count). The Bertz CT molecular complexity index is 218. The Labute approximate surface area is 71.4 Å². The third-order valence-electron chi connectivity index (χ3n) is 1.73. The molecule has 0 fully saturated rings. The summed E-state index contributed by atoms with van der Waals surface area (Å²) in [5.41, 5.74) is 0. The van der Waals surface area contributed by atoms with Gasteiger partial charge in [-0.1, -0.05) is 0 Å². The van der Waals surface area contributed by atoms with Crippen molar-refractivity contribution in [2.75, 3.05) is 0 Å². The molecule has 3 nitrogen and oxygen atoms in total. The highest BCUT2D eigenvalue weighted by atomic mass is 16.5. The monoisotopic (exact) mass is 168 g/mol. The van der Waals surface area contributed by atoms with Gasteiger partial charge in [0.1, 0.15) is 6.10 Å². The summed E-state index contributed by atoms with van der Waals surface area (Å²) in [6.07, 6.45) is 5.07. The molecule has 0 unspecified atom stereocenters. The molecule has 12 heavy (non-hydrogen) atoms. The van der Waals surface area contributed by atoms with Gasteiger partial charge in [-0.05, 0) is 25.0 Å². The lowest BCUT2D eigenvalue weighted by Crippen LogP contribution is -2.12. The second-order valence-corrected chi connectivity index (χ2v) is 2.87. The minimum absolute atomic E-state index is 0.115. The summed E-state index contributed by atoms with van der Waals surface area (Å²) in [5.74, 6) is -0.177. The highest BCUT2D eigenvalue weighted by molar-refractivity contribution is 5.89. The molecule has 0 bridgehead atoms. The second kappa shape index (κ2) is 4.04. The van der Waals surface area contributed by atoms with Crippen LogP contribution in [0.4, 0.5) is 0 Å². The molecule has 66 valence electrons. The zero-order valence-electron chi connectivity index (χ0n) is 7.08. The van der Waals surface area contributed by atoms with Crippen LogP contribution in [0.3, 0.4) is 0 Å². The summed E-state index contributed by atoms with van der Waals surface area (Å²) in [6.45, 7) is 1.38. The molecule has 0 saturated heterocycles. The van der Waals surface area contributed by atoms with Crippen LogP contribution in [0.2, 0.25) is 0 Å². The van der Waals surface area contributed by atoms with Gasteiger partial charge in [0.25, 0.3) is 0 Å². The van der Waals surface area contributed by atoms with Crippen molar-refractivity contribution in [1.82, 2.24) is 0 Å². The maximum absolute atomic E-state index is 10.9. The molecule has 0 aromatic carbocycles. The topological polar surface area (TPSA) is 43.4 Å². The Kier molecular flexibility index (Phi) is 3.02. The standard InChI is InChI=1S/C9H12O3/c1-7(10)12-9-4-2-3-8(11)5-6-9/h5-6,9H,2-4H2,1H3/t9-/m0/s1. The highest BCUT2D eigenvalue weighted by Crippen LogP contribution is 2.11. The molecule has 0 aromatic rings. The number of ether oxygens (including phenoxy) is 1. The van der Waals surface area contributed by atoms with E-state index in [-0.39, 0.29) is 17.9 Å². The van der Waals surface area contributed by atoms with Crippen molar-refractivity contribution in [3.05, 3.63) is 12.2 Å². The second-order valence-electron chi connectivity index (χ2n) is 2.87. The molecule has 1 atom stereocenters. The van der Waals surface area contributed by atoms with Crippen LogP contribution in [0.25, 0.3) is 0 Å². The highest BCUT2D eigenvalue weighted by Gasteiger charge is 2.12. The van der Waals surface area contributed by atoms with Gasteiger partial charge in [0.2, 0.25) is 0 Å². The molecule has 3 heteroatoms. The van der Waals surface area contributed by atoms with E-state index >= 15 is 0 Å². The van der Waals surface area contributed by atoms with Gasteiger partial charge < -0.3 is 4.74 Å². The third-order valence-corrected chi connectivity index (χ3v) is 1.73. The van der Waals surface area contributed by atoms with Crippen molar-refractivity contribution in [3.63, 3.8) is 0 Å². The number of allylic oxidation sites excluding steroid dienone is 1. The first-order chi connectivity index (χ1) is 5.68. The third kappa shape index (κ3) is 2.86. The minimum atomic E-state index is -0.293. The first-order valence-electron chi connectivity index (χ1n) is 4.07. The summed E-state index contributed by atoms with van der Waals surface area (Å²) in [5, 5.41) is 0. The van der Waals surface area contributed by atoms with Gasteiger partial charge >= 0.3 is 5.97 Å². The smallest absolute Gasteiger partial charge is 0.303 e. The van der Waals surface area contributed by atoms with E-state index in [0.29, 0.717) is 6.42 Å². The van der Waals surface area contributed by atoms with Crippen molar-refractivity contribution in [1.29, 1.82) is 0 Å². The average Bonchev–Trinajstić information content (AvgIpc) is 2.15. The summed E-state index contributed by atoms with van der Waals surface area (Å²) < 4.78 is 4.94. The number of rotatable bonds is 1. The van der Waals surface area contributed by atoms with Crippen molar-refractivity contribution in [3.8, 4) is 0 Å². The van der Waals surface area contributed by atoms with E-state index in [0.717, 1.165) is 12.8 Å². The molecule has 0 radical (unpaired) electrons. The van der Waals surface area contributed by atoms with Crippen LogP contribution >= 0.6 is 0 Å². The van der Waals surface area contributed by atoms with E-state index in [2.05, 4.69) is 0 Å². The van der Waals surface area contributed by atoms with Gasteiger partial charge in [-0.25, -0.2) is 0 Å². The molecule has 1 aliphatic carbocycles. The Hall–Kier alpha value is -1.12. The maximum atomic E-state index is 10.9. The van der Waals surface area contributed by atoms with Gasteiger partial charge in [0, 0.05) is 13.3 Å². The number of hydrogen-bond donors (Lipinski definition) is 0. The molecule has 0 amide bonds. The fourth-order valence-corrected chi connectivity index (χ4v) is 1.18. The average molecular weight is 168 g/mol. The number of carbonyl (C=O) groups excluding carboxylic acids is 2. The Morgan fingerprint density at radius 2 is 2.42 bits per heavy atom. The van der Waals surface area contributed by atoms with Crippen LogP contribution in [0.1, 0.15) is 26.2 Å². The van der Waals surface area contributed by atoms with E-state index in [4.69, 9.17) is 4.74 Å². The van der Waals surface area contributed by atoms with Crippen LogP contribution in [-0.2, 0) is 14.3 Å². The van der Waals surface area contributed by atoms with Crippen molar-refractivity contribution < 1.29 is 14.3 Å². The normalized spacial score (nSPS) is 23.4. The lowest BCUT2D eigenvalue weighted by atomic mass is 10.2. The molecular formula is C9H12O3. The predicted molar refractivity (Wildman–Crippen MR) is 43.6 cm³/mol. The zero-order valence-corrected chi connectivity index (χ0v) is 7.08. The quantitative estimate of drug-likeness (QED) is 0.553. The van der Waals surface area contributed by atoms with Crippen molar-refractivity contribution >= 4 is 11.8 Å². The van der Waals surface area contributed by atoms with Crippen LogP contribution in [0.5, 0.6) is 0 Å². The van der Waals surface area contributed by atoms with E-state index in [1.165, 1.54) is 13.0 Å².